The number of nitro groups is 1. The number of carbonyl (C=O) groups excluding carboxylic acids is 1. The highest BCUT2D eigenvalue weighted by Crippen LogP contribution is 2.31. The van der Waals surface area contributed by atoms with Crippen molar-refractivity contribution in [2.24, 2.45) is 0 Å². The number of ether oxygens (including phenoxy) is 2. The van der Waals surface area contributed by atoms with E-state index in [1.54, 1.807) is 38.1 Å². The predicted molar refractivity (Wildman–Crippen MR) is 76.0 cm³/mol. The summed E-state index contributed by atoms with van der Waals surface area (Å²) < 4.78 is 10.9. The Morgan fingerprint density at radius 2 is 2.24 bits per heavy atom. The minimum atomic E-state index is -0.952. The van der Waals surface area contributed by atoms with Crippen molar-refractivity contribution in [2.75, 3.05) is 13.2 Å². The Kier molecular flexibility index (Phi) is 4.61. The lowest BCUT2D eigenvalue weighted by Gasteiger charge is -2.37. The number of benzene rings is 1. The number of ketones is 1. The largest absolute Gasteiger partial charge is 0.343 e. The zero-order valence-corrected chi connectivity index (χ0v) is 12.5. The SMILES string of the molecule is CC1(C)OCC(=O)[C@H]([C@@H](C[N+](=O)[O-])c2cccc(Cl)c2)O1. The summed E-state index contributed by atoms with van der Waals surface area (Å²) in [4.78, 5) is 22.6. The van der Waals surface area contributed by atoms with Crippen LogP contribution in [0.4, 0.5) is 0 Å². The second-order valence-corrected chi connectivity index (χ2v) is 5.81. The molecule has 114 valence electrons. The minimum absolute atomic E-state index is 0.119. The monoisotopic (exact) mass is 313 g/mol. The zero-order valence-electron chi connectivity index (χ0n) is 11.7. The smallest absolute Gasteiger partial charge is 0.213 e. The third-order valence-corrected chi connectivity index (χ3v) is 3.51. The fourth-order valence-electron chi connectivity index (χ4n) is 2.31. The summed E-state index contributed by atoms with van der Waals surface area (Å²) in [7, 11) is 0. The normalized spacial score (nSPS) is 22.8. The van der Waals surface area contributed by atoms with Crippen molar-refractivity contribution in [1.82, 2.24) is 0 Å². The number of Topliss-reactive ketones (excluding diaryl/α,β-unsaturated/α-hetero) is 1. The van der Waals surface area contributed by atoms with Crippen LogP contribution in [-0.2, 0) is 14.3 Å². The molecule has 0 radical (unpaired) electrons. The molecule has 2 atom stereocenters. The Bertz CT molecular complexity index is 560. The van der Waals surface area contributed by atoms with Crippen molar-refractivity contribution in [3.8, 4) is 0 Å². The highest BCUT2D eigenvalue weighted by molar-refractivity contribution is 6.30. The minimum Gasteiger partial charge on any atom is -0.343 e. The van der Waals surface area contributed by atoms with E-state index >= 15 is 0 Å². The van der Waals surface area contributed by atoms with Gasteiger partial charge in [-0.25, -0.2) is 0 Å². The summed E-state index contributed by atoms with van der Waals surface area (Å²) in [6, 6.07) is 6.69. The number of hydrogen-bond acceptors (Lipinski definition) is 5. The van der Waals surface area contributed by atoms with Gasteiger partial charge in [0.05, 0.1) is 5.92 Å². The van der Waals surface area contributed by atoms with Crippen molar-refractivity contribution < 1.29 is 19.2 Å². The van der Waals surface area contributed by atoms with E-state index in [9.17, 15) is 14.9 Å². The van der Waals surface area contributed by atoms with E-state index in [-0.39, 0.29) is 12.4 Å². The number of rotatable bonds is 4. The lowest BCUT2D eigenvalue weighted by molar-refractivity contribution is -0.486. The Morgan fingerprint density at radius 1 is 1.52 bits per heavy atom. The van der Waals surface area contributed by atoms with Gasteiger partial charge in [-0.1, -0.05) is 23.7 Å². The van der Waals surface area contributed by atoms with E-state index < -0.39 is 29.3 Å². The molecule has 0 spiro atoms. The molecule has 0 saturated carbocycles. The summed E-state index contributed by atoms with van der Waals surface area (Å²) in [5.41, 5.74) is 0.607. The summed E-state index contributed by atoms with van der Waals surface area (Å²) in [5, 5.41) is 11.4. The molecular formula is C14H16ClNO5. The molecule has 1 aliphatic heterocycles. The Hall–Kier alpha value is -1.50. The molecule has 1 aliphatic rings. The first-order chi connectivity index (χ1) is 9.78. The van der Waals surface area contributed by atoms with E-state index in [0.29, 0.717) is 10.6 Å². The molecule has 0 N–H and O–H groups in total. The maximum Gasteiger partial charge on any atom is 0.213 e. The highest BCUT2D eigenvalue weighted by atomic mass is 35.5. The first-order valence-corrected chi connectivity index (χ1v) is 6.88. The molecule has 1 aromatic carbocycles. The van der Waals surface area contributed by atoms with Crippen molar-refractivity contribution in [3.05, 3.63) is 45.0 Å². The van der Waals surface area contributed by atoms with E-state index in [4.69, 9.17) is 21.1 Å². The molecule has 6 nitrogen and oxygen atoms in total. The van der Waals surface area contributed by atoms with Gasteiger partial charge in [0.25, 0.3) is 0 Å². The van der Waals surface area contributed by atoms with Gasteiger partial charge in [0, 0.05) is 9.95 Å². The van der Waals surface area contributed by atoms with Gasteiger partial charge < -0.3 is 9.47 Å². The van der Waals surface area contributed by atoms with Crippen molar-refractivity contribution in [3.63, 3.8) is 0 Å². The lowest BCUT2D eigenvalue weighted by atomic mass is 9.90. The summed E-state index contributed by atoms with van der Waals surface area (Å²) in [6.45, 7) is 2.82. The van der Waals surface area contributed by atoms with Gasteiger partial charge in [-0.3, -0.25) is 14.9 Å². The van der Waals surface area contributed by atoms with Gasteiger partial charge >= 0.3 is 0 Å². The third kappa shape index (κ3) is 4.00. The average molecular weight is 314 g/mol. The molecule has 2 rings (SSSR count). The van der Waals surface area contributed by atoms with Crippen LogP contribution in [-0.4, -0.2) is 35.7 Å². The van der Waals surface area contributed by atoms with Crippen LogP contribution >= 0.6 is 11.6 Å². The van der Waals surface area contributed by atoms with Gasteiger partial charge in [-0.2, -0.15) is 0 Å². The second kappa shape index (κ2) is 6.09. The third-order valence-electron chi connectivity index (χ3n) is 3.28. The summed E-state index contributed by atoms with van der Waals surface area (Å²) >= 11 is 5.94. The molecule has 1 aromatic rings. The average Bonchev–Trinajstić information content (AvgIpc) is 2.39. The van der Waals surface area contributed by atoms with Crippen LogP contribution in [0, 0.1) is 10.1 Å². The van der Waals surface area contributed by atoms with Crippen LogP contribution in [0.2, 0.25) is 5.02 Å². The van der Waals surface area contributed by atoms with Gasteiger partial charge in [-0.15, -0.1) is 0 Å². The van der Waals surface area contributed by atoms with E-state index in [2.05, 4.69) is 0 Å². The van der Waals surface area contributed by atoms with Crippen LogP contribution in [0.25, 0.3) is 0 Å². The van der Waals surface area contributed by atoms with Crippen molar-refractivity contribution >= 4 is 17.4 Å². The van der Waals surface area contributed by atoms with Gasteiger partial charge in [0.2, 0.25) is 6.54 Å². The molecule has 7 heteroatoms. The molecule has 0 unspecified atom stereocenters. The number of hydrogen-bond donors (Lipinski definition) is 0. The van der Waals surface area contributed by atoms with Crippen LogP contribution in [0.3, 0.4) is 0 Å². The molecule has 0 amide bonds. The maximum atomic E-state index is 12.1. The second-order valence-electron chi connectivity index (χ2n) is 5.37. The number of nitrogens with zero attached hydrogens (tertiary/aromatic N) is 1. The zero-order chi connectivity index (χ0) is 15.6. The fraction of sp³-hybridized carbons (Fsp3) is 0.500. The lowest BCUT2D eigenvalue weighted by Crippen LogP contribution is -2.49. The quantitative estimate of drug-likeness (QED) is 0.630. The van der Waals surface area contributed by atoms with Gasteiger partial charge in [0.15, 0.2) is 11.6 Å². The predicted octanol–water partition coefficient (Wildman–Crippen LogP) is 2.42. The molecule has 1 fully saturated rings. The molecule has 0 aromatic heterocycles. The van der Waals surface area contributed by atoms with Crippen LogP contribution in [0.5, 0.6) is 0 Å². The van der Waals surface area contributed by atoms with E-state index in [1.807, 2.05) is 0 Å². The topological polar surface area (TPSA) is 78.7 Å². The molecule has 1 heterocycles. The summed E-state index contributed by atoms with van der Waals surface area (Å²) in [5.74, 6) is -1.96. The van der Waals surface area contributed by atoms with Crippen molar-refractivity contribution in [2.45, 2.75) is 31.7 Å². The molecule has 21 heavy (non-hydrogen) atoms. The number of carbonyl (C=O) groups is 1. The summed E-state index contributed by atoms with van der Waals surface area (Å²) in [6.07, 6.45) is -0.919. The fourth-order valence-corrected chi connectivity index (χ4v) is 2.51. The maximum absolute atomic E-state index is 12.1. The Morgan fingerprint density at radius 3 is 2.86 bits per heavy atom. The van der Waals surface area contributed by atoms with Crippen LogP contribution < -0.4 is 0 Å². The van der Waals surface area contributed by atoms with Gasteiger partial charge in [-0.05, 0) is 31.5 Å². The van der Waals surface area contributed by atoms with Crippen LogP contribution in [0.15, 0.2) is 24.3 Å². The molecule has 0 bridgehead atoms. The Balaban J connectivity index is 2.35. The van der Waals surface area contributed by atoms with E-state index in [0.717, 1.165) is 0 Å². The standard InChI is InChI=1S/C14H16ClNO5/c1-14(2)20-8-12(17)13(21-14)11(7-16(18)19)9-4-3-5-10(15)6-9/h3-6,11,13H,7-8H2,1-2H3/t11-,13-/m0/s1. The number of halogens is 1. The molecular weight excluding hydrogens is 298 g/mol. The first kappa shape index (κ1) is 15.9. The van der Waals surface area contributed by atoms with Crippen molar-refractivity contribution in [1.29, 1.82) is 0 Å². The van der Waals surface area contributed by atoms with E-state index in [1.165, 1.54) is 0 Å². The molecule has 0 aliphatic carbocycles. The molecule has 1 saturated heterocycles. The Labute approximate surface area is 127 Å². The van der Waals surface area contributed by atoms with Crippen LogP contribution in [0.1, 0.15) is 25.3 Å². The first-order valence-electron chi connectivity index (χ1n) is 6.50. The highest BCUT2D eigenvalue weighted by Gasteiger charge is 2.42. The van der Waals surface area contributed by atoms with Gasteiger partial charge in [0.1, 0.15) is 12.7 Å².